The molecule has 0 radical (unpaired) electrons. The van der Waals surface area contributed by atoms with E-state index in [2.05, 4.69) is 31.3 Å². The van der Waals surface area contributed by atoms with E-state index in [9.17, 15) is 61.0 Å². The van der Waals surface area contributed by atoms with Crippen LogP contribution in [0.15, 0.2) is 24.3 Å². The van der Waals surface area contributed by atoms with Crippen LogP contribution in [0.4, 0.5) is 0 Å². The van der Waals surface area contributed by atoms with E-state index in [1.807, 2.05) is 6.08 Å². The van der Waals surface area contributed by atoms with Gasteiger partial charge in [0.25, 0.3) is 0 Å². The number of rotatable bonds is 43. The summed E-state index contributed by atoms with van der Waals surface area (Å²) in [4.78, 5) is 13.3. The first-order chi connectivity index (χ1) is 36.8. The minimum absolute atomic E-state index is 0.242. The van der Waals surface area contributed by atoms with Crippen LogP contribution < -0.4 is 5.32 Å². The van der Waals surface area contributed by atoms with Crippen LogP contribution in [0.3, 0.4) is 0 Å². The second kappa shape index (κ2) is 41.3. The lowest BCUT2D eigenvalue weighted by atomic mass is 9.96. The molecule has 19 nitrogen and oxygen atoms in total. The van der Waals surface area contributed by atoms with Gasteiger partial charge in [-0.05, 0) is 44.9 Å². The van der Waals surface area contributed by atoms with E-state index in [1.54, 1.807) is 6.08 Å². The zero-order valence-electron chi connectivity index (χ0n) is 46.2. The van der Waals surface area contributed by atoms with Gasteiger partial charge in [-0.25, -0.2) is 0 Å². The highest BCUT2D eigenvalue weighted by atomic mass is 16.8. The van der Waals surface area contributed by atoms with Crippen molar-refractivity contribution in [2.75, 3.05) is 26.4 Å². The lowest BCUT2D eigenvalue weighted by Crippen LogP contribution is -2.66. The molecule has 17 unspecified atom stereocenters. The zero-order chi connectivity index (χ0) is 55.5. The van der Waals surface area contributed by atoms with E-state index < -0.39 is 124 Å². The number of hydrogen-bond donors (Lipinski definition) is 12. The number of unbranched alkanes of at least 4 members (excludes halogenated alkanes) is 25. The summed E-state index contributed by atoms with van der Waals surface area (Å²) < 4.78 is 34.2. The molecule has 0 aromatic heterocycles. The Hall–Kier alpha value is -1.73. The monoisotopic (exact) mass is 1090 g/mol. The standard InChI is InChI=1S/C57H105NO18/c1-3-5-7-9-11-13-15-16-17-18-19-20-21-22-23-24-25-27-29-31-33-35-45(63)58-40(41(62)34-32-30-28-26-14-12-10-8-6-4-2)39-71-55-51(69)48(66)53(43(37-60)73-55)76-57-52(70)49(67)54(44(38-61)74-57)75-56-50(68)47(65)46(64)42(36-59)72-56/h18-19,32,34,40-44,46-57,59-62,64-70H,3-17,20-31,33,35-39H2,1-2H3,(H,58,63)/b19-18-,34-32+. The normalized spacial score (nSPS) is 31.1. The molecule has 0 aliphatic carbocycles. The summed E-state index contributed by atoms with van der Waals surface area (Å²) in [5, 5.41) is 120. The van der Waals surface area contributed by atoms with Crippen molar-refractivity contribution in [3.63, 3.8) is 0 Å². The van der Waals surface area contributed by atoms with Gasteiger partial charge in [0.1, 0.15) is 73.2 Å². The fourth-order valence-corrected chi connectivity index (χ4v) is 10.1. The SMILES string of the molecule is CCCCCCCCCC/C=C\CCCCCCCCCCCC(=O)NC(COC1OC(CO)C(OC2OC(CO)C(OC3OC(CO)C(O)C(O)C3O)C(O)C2O)C(O)C1O)C(O)/C=C/CCCCCCCCCC. The molecule has 3 fully saturated rings. The molecule has 3 saturated heterocycles. The molecule has 76 heavy (non-hydrogen) atoms. The van der Waals surface area contributed by atoms with Gasteiger partial charge < -0.3 is 89.9 Å². The topological polar surface area (TPSA) is 307 Å². The number of amides is 1. The number of hydrogen-bond acceptors (Lipinski definition) is 18. The lowest BCUT2D eigenvalue weighted by Gasteiger charge is -2.48. The molecule has 0 spiro atoms. The minimum atomic E-state index is -1.98. The number of aliphatic hydroxyl groups excluding tert-OH is 11. The molecule has 3 rings (SSSR count). The molecule has 0 aromatic rings. The van der Waals surface area contributed by atoms with E-state index in [4.69, 9.17) is 28.4 Å². The van der Waals surface area contributed by atoms with Gasteiger partial charge >= 0.3 is 0 Å². The third kappa shape index (κ3) is 25.4. The fourth-order valence-electron chi connectivity index (χ4n) is 10.1. The summed E-state index contributed by atoms with van der Waals surface area (Å²) in [6.07, 6.45) is 14.6. The highest BCUT2D eigenvalue weighted by molar-refractivity contribution is 5.76. The van der Waals surface area contributed by atoms with Gasteiger partial charge in [0, 0.05) is 6.42 Å². The van der Waals surface area contributed by atoms with E-state index in [-0.39, 0.29) is 18.9 Å². The maximum absolute atomic E-state index is 13.3. The number of nitrogens with one attached hydrogen (secondary N) is 1. The van der Waals surface area contributed by atoms with E-state index >= 15 is 0 Å². The van der Waals surface area contributed by atoms with Crippen molar-refractivity contribution in [2.24, 2.45) is 0 Å². The predicted octanol–water partition coefficient (Wildman–Crippen LogP) is 4.76. The zero-order valence-corrected chi connectivity index (χ0v) is 46.2. The summed E-state index contributed by atoms with van der Waals surface area (Å²) in [6.45, 7) is 1.69. The Bertz CT molecular complexity index is 1490. The van der Waals surface area contributed by atoms with Gasteiger partial charge in [-0.1, -0.05) is 173 Å². The number of aliphatic hydroxyl groups is 11. The third-order valence-electron chi connectivity index (χ3n) is 15.0. The smallest absolute Gasteiger partial charge is 0.220 e. The lowest BCUT2D eigenvalue weighted by molar-refractivity contribution is -0.379. The Morgan fingerprint density at radius 2 is 0.829 bits per heavy atom. The van der Waals surface area contributed by atoms with Gasteiger partial charge in [-0.2, -0.15) is 0 Å². The Kier molecular flexibility index (Phi) is 37.2. The van der Waals surface area contributed by atoms with Crippen molar-refractivity contribution in [3.05, 3.63) is 24.3 Å². The number of allylic oxidation sites excluding steroid dienone is 3. The summed E-state index contributed by atoms with van der Waals surface area (Å²) in [5.41, 5.74) is 0. The van der Waals surface area contributed by atoms with Gasteiger partial charge in [0.15, 0.2) is 18.9 Å². The van der Waals surface area contributed by atoms with Crippen molar-refractivity contribution in [2.45, 2.75) is 304 Å². The molecule has 3 aliphatic rings. The summed E-state index contributed by atoms with van der Waals surface area (Å²) in [6, 6.07) is -0.969. The molecule has 0 bridgehead atoms. The van der Waals surface area contributed by atoms with Crippen molar-refractivity contribution in [1.82, 2.24) is 5.32 Å². The first kappa shape index (κ1) is 68.5. The highest BCUT2D eigenvalue weighted by Gasteiger charge is 2.53. The number of ether oxygens (including phenoxy) is 6. The summed E-state index contributed by atoms with van der Waals surface area (Å²) in [5.74, 6) is -0.280. The molecular weight excluding hydrogens is 987 g/mol. The van der Waals surface area contributed by atoms with Crippen molar-refractivity contribution in [1.29, 1.82) is 0 Å². The van der Waals surface area contributed by atoms with Crippen LogP contribution in [-0.4, -0.2) is 193 Å². The Balaban J connectivity index is 1.47. The minimum Gasteiger partial charge on any atom is -0.394 e. The van der Waals surface area contributed by atoms with Crippen LogP contribution in [-0.2, 0) is 33.2 Å². The predicted molar refractivity (Wildman–Crippen MR) is 286 cm³/mol. The van der Waals surface area contributed by atoms with Crippen LogP contribution in [0.5, 0.6) is 0 Å². The molecule has 0 aromatic carbocycles. The van der Waals surface area contributed by atoms with E-state index in [1.165, 1.54) is 122 Å². The molecule has 3 aliphatic heterocycles. The van der Waals surface area contributed by atoms with Gasteiger partial charge in [0.2, 0.25) is 5.91 Å². The van der Waals surface area contributed by atoms with Crippen LogP contribution in [0.25, 0.3) is 0 Å². The van der Waals surface area contributed by atoms with Gasteiger partial charge in [-0.3, -0.25) is 4.79 Å². The first-order valence-electron chi connectivity index (χ1n) is 29.6. The average molecular weight is 1090 g/mol. The maximum atomic E-state index is 13.3. The largest absolute Gasteiger partial charge is 0.394 e. The van der Waals surface area contributed by atoms with E-state index in [0.29, 0.717) is 6.42 Å². The molecule has 1 amide bonds. The molecule has 3 heterocycles. The average Bonchev–Trinajstić information content (AvgIpc) is 3.42. The Labute approximate surface area is 454 Å². The fraction of sp³-hybridized carbons (Fsp3) is 0.912. The second-order valence-electron chi connectivity index (χ2n) is 21.5. The molecule has 19 heteroatoms. The van der Waals surface area contributed by atoms with E-state index in [0.717, 1.165) is 51.4 Å². The maximum Gasteiger partial charge on any atom is 0.220 e. The highest BCUT2D eigenvalue weighted by Crippen LogP contribution is 2.33. The number of carbonyl (C=O) groups is 1. The van der Waals surface area contributed by atoms with Gasteiger partial charge in [0.05, 0.1) is 38.6 Å². The Morgan fingerprint density at radius 3 is 1.28 bits per heavy atom. The van der Waals surface area contributed by atoms with Crippen molar-refractivity contribution >= 4 is 5.91 Å². The molecule has 446 valence electrons. The van der Waals surface area contributed by atoms with Crippen molar-refractivity contribution < 1.29 is 89.4 Å². The van der Waals surface area contributed by atoms with Crippen LogP contribution >= 0.6 is 0 Å². The summed E-state index contributed by atoms with van der Waals surface area (Å²) >= 11 is 0. The number of carbonyl (C=O) groups excluding carboxylic acids is 1. The Morgan fingerprint density at radius 1 is 0.461 bits per heavy atom. The first-order valence-corrected chi connectivity index (χ1v) is 29.6. The quantitative estimate of drug-likeness (QED) is 0.0289. The third-order valence-corrected chi connectivity index (χ3v) is 15.0. The molecule has 12 N–H and O–H groups in total. The molecular formula is C57H105NO18. The van der Waals surface area contributed by atoms with Crippen LogP contribution in [0.2, 0.25) is 0 Å². The summed E-state index contributed by atoms with van der Waals surface area (Å²) in [7, 11) is 0. The van der Waals surface area contributed by atoms with Crippen LogP contribution in [0.1, 0.15) is 200 Å². The van der Waals surface area contributed by atoms with Crippen LogP contribution in [0, 0.1) is 0 Å². The van der Waals surface area contributed by atoms with Crippen molar-refractivity contribution in [3.8, 4) is 0 Å². The molecule has 0 saturated carbocycles. The van der Waals surface area contributed by atoms with Gasteiger partial charge in [-0.15, -0.1) is 0 Å². The molecule has 17 atom stereocenters. The second-order valence-corrected chi connectivity index (χ2v) is 21.5.